The van der Waals surface area contributed by atoms with Crippen molar-refractivity contribution in [2.45, 2.75) is 53.1 Å². The van der Waals surface area contributed by atoms with Gasteiger partial charge in [0.05, 0.1) is 0 Å². The number of fused-ring (bicyclic) bond motifs is 1. The molecular weight excluding hydrogens is 318 g/mol. The second kappa shape index (κ2) is 5.57. The van der Waals surface area contributed by atoms with Crippen LogP contribution < -0.4 is 14.8 Å². The van der Waals surface area contributed by atoms with Crippen LogP contribution in [0.5, 0.6) is 11.5 Å². The fourth-order valence-electron chi connectivity index (χ4n) is 2.82. The average molecular weight is 342 g/mol. The Kier molecular flexibility index (Phi) is 4.35. The zero-order valence-electron chi connectivity index (χ0n) is 13.0. The lowest BCUT2D eigenvalue weighted by molar-refractivity contribution is 0.174. The van der Waals surface area contributed by atoms with E-state index in [1.165, 1.54) is 5.56 Å². The van der Waals surface area contributed by atoms with E-state index in [2.05, 4.69) is 55.9 Å². The van der Waals surface area contributed by atoms with Gasteiger partial charge in [0.25, 0.3) is 0 Å². The van der Waals surface area contributed by atoms with Crippen LogP contribution in [0.4, 0.5) is 0 Å². The third-order valence-electron chi connectivity index (χ3n) is 3.27. The maximum atomic E-state index is 5.44. The fraction of sp³-hybridized carbons (Fsp3) is 0.625. The van der Waals surface area contributed by atoms with E-state index >= 15 is 0 Å². The third-order valence-corrected chi connectivity index (χ3v) is 4.01. The molecule has 0 amide bonds. The highest BCUT2D eigenvalue weighted by Crippen LogP contribution is 2.37. The van der Waals surface area contributed by atoms with Gasteiger partial charge in [0.15, 0.2) is 11.5 Å². The van der Waals surface area contributed by atoms with Gasteiger partial charge in [0.2, 0.25) is 6.79 Å². The molecule has 3 nitrogen and oxygen atoms in total. The van der Waals surface area contributed by atoms with E-state index in [4.69, 9.17) is 9.47 Å². The molecule has 1 heterocycles. The molecular formula is C16H24BrNO2. The minimum Gasteiger partial charge on any atom is -0.454 e. The normalized spacial score (nSPS) is 14.7. The molecule has 0 unspecified atom stereocenters. The first-order valence-electron chi connectivity index (χ1n) is 6.99. The molecule has 2 rings (SSSR count). The highest BCUT2D eigenvalue weighted by molar-refractivity contribution is 9.10. The summed E-state index contributed by atoms with van der Waals surface area (Å²) in [6.07, 6.45) is 1.11. The van der Waals surface area contributed by atoms with Gasteiger partial charge < -0.3 is 14.8 Å². The number of ether oxygens (including phenoxy) is 2. The van der Waals surface area contributed by atoms with Gasteiger partial charge in [-0.1, -0.05) is 36.7 Å². The summed E-state index contributed by atoms with van der Waals surface area (Å²) in [5.41, 5.74) is 1.59. The van der Waals surface area contributed by atoms with Crippen molar-refractivity contribution in [1.29, 1.82) is 0 Å². The van der Waals surface area contributed by atoms with Gasteiger partial charge in [-0.2, -0.15) is 0 Å². The molecule has 0 aromatic heterocycles. The Morgan fingerprint density at radius 1 is 1.10 bits per heavy atom. The molecule has 1 aromatic carbocycles. The van der Waals surface area contributed by atoms with Gasteiger partial charge in [0.1, 0.15) is 0 Å². The van der Waals surface area contributed by atoms with E-state index in [0.29, 0.717) is 12.2 Å². The topological polar surface area (TPSA) is 30.5 Å². The highest BCUT2D eigenvalue weighted by atomic mass is 79.9. The SMILES string of the molecule is CC(C)(C)CC(C)(C)NCc1cc2c(cc1Br)OCO2. The molecule has 1 aromatic rings. The average Bonchev–Trinajstić information content (AvgIpc) is 2.69. The van der Waals surface area contributed by atoms with Gasteiger partial charge in [-0.25, -0.2) is 0 Å². The Morgan fingerprint density at radius 3 is 2.30 bits per heavy atom. The Balaban J connectivity index is 2.04. The van der Waals surface area contributed by atoms with E-state index in [0.717, 1.165) is 28.9 Å². The van der Waals surface area contributed by atoms with Gasteiger partial charge in [-0.15, -0.1) is 0 Å². The highest BCUT2D eigenvalue weighted by Gasteiger charge is 2.25. The molecule has 1 aliphatic heterocycles. The lowest BCUT2D eigenvalue weighted by Crippen LogP contribution is -2.41. The number of nitrogens with one attached hydrogen (secondary N) is 1. The Labute approximate surface area is 130 Å². The summed E-state index contributed by atoms with van der Waals surface area (Å²) in [7, 11) is 0. The van der Waals surface area contributed by atoms with Crippen LogP contribution >= 0.6 is 15.9 Å². The van der Waals surface area contributed by atoms with Crippen LogP contribution in [0.1, 0.15) is 46.6 Å². The Hall–Kier alpha value is -0.740. The number of hydrogen-bond acceptors (Lipinski definition) is 3. The third kappa shape index (κ3) is 4.13. The first kappa shape index (κ1) is 15.6. The smallest absolute Gasteiger partial charge is 0.231 e. The molecule has 4 heteroatoms. The first-order chi connectivity index (χ1) is 9.16. The zero-order chi connectivity index (χ0) is 15.0. The predicted molar refractivity (Wildman–Crippen MR) is 85.3 cm³/mol. The molecule has 112 valence electrons. The second-order valence-corrected chi connectivity index (χ2v) is 8.13. The van der Waals surface area contributed by atoms with Crippen molar-refractivity contribution in [3.8, 4) is 11.5 Å². The molecule has 0 bridgehead atoms. The lowest BCUT2D eigenvalue weighted by atomic mass is 9.82. The van der Waals surface area contributed by atoms with Crippen LogP contribution in [0, 0.1) is 5.41 Å². The van der Waals surface area contributed by atoms with E-state index in [9.17, 15) is 0 Å². The molecule has 1 aliphatic rings. The fourth-order valence-corrected chi connectivity index (χ4v) is 3.28. The summed E-state index contributed by atoms with van der Waals surface area (Å²) in [4.78, 5) is 0. The number of halogens is 1. The van der Waals surface area contributed by atoms with Gasteiger partial charge in [-0.05, 0) is 43.4 Å². The first-order valence-corrected chi connectivity index (χ1v) is 7.79. The molecule has 0 radical (unpaired) electrons. The summed E-state index contributed by atoms with van der Waals surface area (Å²) >= 11 is 3.60. The number of rotatable bonds is 4. The van der Waals surface area contributed by atoms with E-state index in [1.807, 2.05) is 12.1 Å². The zero-order valence-corrected chi connectivity index (χ0v) is 14.6. The van der Waals surface area contributed by atoms with Gasteiger partial charge in [0, 0.05) is 16.6 Å². The van der Waals surface area contributed by atoms with Crippen molar-refractivity contribution < 1.29 is 9.47 Å². The molecule has 0 atom stereocenters. The summed E-state index contributed by atoms with van der Waals surface area (Å²) in [5, 5.41) is 3.64. The largest absolute Gasteiger partial charge is 0.454 e. The molecule has 0 saturated carbocycles. The van der Waals surface area contributed by atoms with Crippen molar-refractivity contribution >= 4 is 15.9 Å². The van der Waals surface area contributed by atoms with E-state index < -0.39 is 0 Å². The predicted octanol–water partition coefficient (Wildman–Crippen LogP) is 4.48. The standard InChI is InChI=1S/C16H24BrNO2/c1-15(2,3)9-16(4,5)18-8-11-6-13-14(7-12(11)17)20-10-19-13/h6-7,18H,8-10H2,1-5H3. The Morgan fingerprint density at radius 2 is 1.70 bits per heavy atom. The van der Waals surface area contributed by atoms with Crippen molar-refractivity contribution in [1.82, 2.24) is 5.32 Å². The second-order valence-electron chi connectivity index (χ2n) is 7.27. The van der Waals surface area contributed by atoms with Crippen LogP contribution in [0.25, 0.3) is 0 Å². The molecule has 0 spiro atoms. The molecule has 0 aliphatic carbocycles. The van der Waals surface area contributed by atoms with Gasteiger partial charge >= 0.3 is 0 Å². The number of benzene rings is 1. The summed E-state index contributed by atoms with van der Waals surface area (Å²) in [6, 6.07) is 4.03. The number of hydrogen-bond donors (Lipinski definition) is 1. The van der Waals surface area contributed by atoms with Crippen molar-refractivity contribution in [3.63, 3.8) is 0 Å². The maximum Gasteiger partial charge on any atom is 0.231 e. The summed E-state index contributed by atoms with van der Waals surface area (Å²) in [5.74, 6) is 1.65. The van der Waals surface area contributed by atoms with Crippen LogP contribution in [0.2, 0.25) is 0 Å². The Bertz CT molecular complexity index is 492. The van der Waals surface area contributed by atoms with E-state index in [1.54, 1.807) is 0 Å². The molecule has 1 N–H and O–H groups in total. The van der Waals surface area contributed by atoms with Crippen LogP contribution in [0.3, 0.4) is 0 Å². The van der Waals surface area contributed by atoms with Crippen molar-refractivity contribution in [2.24, 2.45) is 5.41 Å². The minimum atomic E-state index is 0.0913. The van der Waals surface area contributed by atoms with Crippen molar-refractivity contribution in [3.05, 3.63) is 22.2 Å². The molecule has 0 fully saturated rings. The van der Waals surface area contributed by atoms with Crippen LogP contribution in [0.15, 0.2) is 16.6 Å². The van der Waals surface area contributed by atoms with E-state index in [-0.39, 0.29) is 5.54 Å². The quantitative estimate of drug-likeness (QED) is 0.875. The van der Waals surface area contributed by atoms with Gasteiger partial charge in [-0.3, -0.25) is 0 Å². The minimum absolute atomic E-state index is 0.0913. The summed E-state index contributed by atoms with van der Waals surface area (Å²) < 4.78 is 11.9. The lowest BCUT2D eigenvalue weighted by Gasteiger charge is -2.33. The molecule has 0 saturated heterocycles. The molecule has 20 heavy (non-hydrogen) atoms. The monoisotopic (exact) mass is 341 g/mol. The summed E-state index contributed by atoms with van der Waals surface area (Å²) in [6.45, 7) is 12.4. The van der Waals surface area contributed by atoms with Crippen LogP contribution in [-0.4, -0.2) is 12.3 Å². The maximum absolute atomic E-state index is 5.44. The van der Waals surface area contributed by atoms with Crippen molar-refractivity contribution in [2.75, 3.05) is 6.79 Å². The van der Waals surface area contributed by atoms with Crippen LogP contribution in [-0.2, 0) is 6.54 Å².